The fourth-order valence-corrected chi connectivity index (χ4v) is 7.24. The summed E-state index contributed by atoms with van der Waals surface area (Å²) >= 11 is 0. The maximum Gasteiger partial charge on any atom is 0.410 e. The third kappa shape index (κ3) is 6.37. The van der Waals surface area contributed by atoms with Crippen LogP contribution in [-0.4, -0.2) is 82.1 Å². The number of allylic oxidation sites excluding steroid dienone is 4. The molecule has 1 amide bonds. The number of pyridine rings is 1. The number of hydrogen-bond acceptors (Lipinski definition) is 8. The van der Waals surface area contributed by atoms with Crippen LogP contribution in [0.5, 0.6) is 0 Å². The molecule has 0 radical (unpaired) electrons. The van der Waals surface area contributed by atoms with Gasteiger partial charge in [-0.15, -0.1) is 0 Å². The number of aromatic nitrogens is 4. The number of halogens is 2. The highest BCUT2D eigenvalue weighted by Crippen LogP contribution is 2.40. The molecule has 3 aromatic rings. The molecule has 3 aromatic heterocycles. The van der Waals surface area contributed by atoms with Gasteiger partial charge >= 0.3 is 6.09 Å². The minimum absolute atomic E-state index is 0.0976. The number of alkyl halides is 1. The Kier molecular flexibility index (Phi) is 8.04. The van der Waals surface area contributed by atoms with Gasteiger partial charge in [-0.3, -0.25) is 4.72 Å². The standard InChI is InChI=1S/C31H37F2N7O4S/c1-31(2,3)44-30(41)39-13-11-20(12-14-39)38(4)26-10-9-25-28(36-26)22(19-15-34-18-35-16-19)17-40(25)29-23(32)7-8-24(27(29)33)37-45(42,43)21-5-6-21/h7-10,15-18,20-21,27,29,37H,5-6,11-14H2,1-4H3. The van der Waals surface area contributed by atoms with E-state index in [0.717, 1.165) is 12.2 Å². The molecule has 2 aliphatic carbocycles. The van der Waals surface area contributed by atoms with E-state index in [1.165, 1.54) is 10.9 Å². The number of fused-ring (bicyclic) bond motifs is 1. The van der Waals surface area contributed by atoms with Gasteiger partial charge in [0.15, 0.2) is 6.17 Å². The lowest BCUT2D eigenvalue weighted by atomic mass is 10.0. The summed E-state index contributed by atoms with van der Waals surface area (Å²) in [6.45, 7) is 6.61. The second kappa shape index (κ2) is 11.7. The molecule has 0 spiro atoms. The Bertz CT molecular complexity index is 1760. The molecule has 3 aliphatic rings. The molecule has 2 unspecified atom stereocenters. The lowest BCUT2D eigenvalue weighted by Gasteiger charge is -2.37. The number of nitrogens with one attached hydrogen (secondary N) is 1. The largest absolute Gasteiger partial charge is 0.444 e. The maximum atomic E-state index is 16.0. The van der Waals surface area contributed by atoms with Gasteiger partial charge in [0.1, 0.15) is 29.6 Å². The van der Waals surface area contributed by atoms with Gasteiger partial charge in [0, 0.05) is 55.9 Å². The fraction of sp³-hybridized carbons (Fsp3) is 0.484. The Morgan fingerprint density at radius 3 is 2.42 bits per heavy atom. The van der Waals surface area contributed by atoms with E-state index in [2.05, 4.69) is 19.6 Å². The van der Waals surface area contributed by atoms with Crippen LogP contribution in [0, 0.1) is 0 Å². The topological polar surface area (TPSA) is 123 Å². The number of hydrogen-bond donors (Lipinski definition) is 1. The highest BCUT2D eigenvalue weighted by molar-refractivity contribution is 7.90. The molecule has 2 atom stereocenters. The van der Waals surface area contributed by atoms with E-state index >= 15 is 8.78 Å². The van der Waals surface area contributed by atoms with Gasteiger partial charge in [-0.25, -0.2) is 36.9 Å². The van der Waals surface area contributed by atoms with E-state index in [4.69, 9.17) is 9.72 Å². The fourth-order valence-electron chi connectivity index (χ4n) is 5.80. The second-order valence-corrected chi connectivity index (χ2v) is 14.8. The molecule has 11 nitrogen and oxygen atoms in total. The second-order valence-electron chi connectivity index (χ2n) is 12.8. The quantitative estimate of drug-likeness (QED) is 0.381. The number of carbonyl (C=O) groups is 1. The average Bonchev–Trinajstić information content (AvgIpc) is 3.81. The molecule has 4 heterocycles. The molecule has 45 heavy (non-hydrogen) atoms. The molecular weight excluding hydrogens is 604 g/mol. The van der Waals surface area contributed by atoms with E-state index in [0.29, 0.717) is 66.8 Å². The van der Waals surface area contributed by atoms with Gasteiger partial charge in [-0.05, 0) is 70.7 Å². The van der Waals surface area contributed by atoms with E-state index in [1.807, 2.05) is 27.8 Å². The van der Waals surface area contributed by atoms with Crippen molar-refractivity contribution in [3.05, 3.63) is 60.7 Å². The van der Waals surface area contributed by atoms with E-state index in [1.54, 1.807) is 35.6 Å². The van der Waals surface area contributed by atoms with Crippen LogP contribution < -0.4 is 9.62 Å². The van der Waals surface area contributed by atoms with Crippen molar-refractivity contribution in [1.29, 1.82) is 0 Å². The van der Waals surface area contributed by atoms with E-state index in [9.17, 15) is 13.2 Å². The predicted molar refractivity (Wildman–Crippen MR) is 166 cm³/mol. The number of carbonyl (C=O) groups excluding carboxylic acids is 1. The number of ether oxygens (including phenoxy) is 1. The zero-order chi connectivity index (χ0) is 32.1. The first-order chi connectivity index (χ1) is 21.3. The van der Waals surface area contributed by atoms with Crippen molar-refractivity contribution >= 4 is 33.0 Å². The van der Waals surface area contributed by atoms with Crippen LogP contribution in [0.3, 0.4) is 0 Å². The summed E-state index contributed by atoms with van der Waals surface area (Å²) in [5.74, 6) is -0.0918. The molecule has 14 heteroatoms. The van der Waals surface area contributed by atoms with Crippen LogP contribution in [0.15, 0.2) is 60.7 Å². The van der Waals surface area contributed by atoms with Crippen LogP contribution >= 0.6 is 0 Å². The van der Waals surface area contributed by atoms with Crippen LogP contribution in [0.1, 0.15) is 52.5 Å². The first-order valence-electron chi connectivity index (χ1n) is 15.0. The Labute approximate surface area is 261 Å². The van der Waals surface area contributed by atoms with Crippen molar-refractivity contribution in [2.24, 2.45) is 0 Å². The maximum absolute atomic E-state index is 16.0. The van der Waals surface area contributed by atoms with Crippen molar-refractivity contribution < 1.29 is 26.7 Å². The Morgan fingerprint density at radius 2 is 1.78 bits per heavy atom. The van der Waals surface area contributed by atoms with Gasteiger partial charge in [-0.1, -0.05) is 0 Å². The van der Waals surface area contributed by atoms with Crippen molar-refractivity contribution in [3.8, 4) is 11.1 Å². The van der Waals surface area contributed by atoms with Gasteiger partial charge in [0.25, 0.3) is 0 Å². The Morgan fingerprint density at radius 1 is 1.09 bits per heavy atom. The summed E-state index contributed by atoms with van der Waals surface area (Å²) in [7, 11) is -1.81. The number of likely N-dealkylation sites (tertiary alicyclic amines) is 1. The summed E-state index contributed by atoms with van der Waals surface area (Å²) in [6, 6.07) is 2.22. The zero-order valence-electron chi connectivity index (χ0n) is 25.7. The van der Waals surface area contributed by atoms with Crippen LogP contribution in [0.4, 0.5) is 19.4 Å². The summed E-state index contributed by atoms with van der Waals surface area (Å²) in [5, 5.41) is -0.555. The first kappa shape index (κ1) is 30.9. The molecule has 6 rings (SSSR count). The smallest absolute Gasteiger partial charge is 0.410 e. The van der Waals surface area contributed by atoms with Crippen LogP contribution in [0.25, 0.3) is 22.2 Å². The third-order valence-electron chi connectivity index (χ3n) is 8.36. The monoisotopic (exact) mass is 641 g/mol. The van der Waals surface area contributed by atoms with Gasteiger partial charge in [0.2, 0.25) is 10.0 Å². The van der Waals surface area contributed by atoms with E-state index < -0.39 is 38.9 Å². The SMILES string of the molecule is CN(c1ccc2c(n1)c(-c1cncnc1)cn2C1C(F)=CC=C(NS(=O)(=O)C2CC2)C1F)C1CCN(C(=O)OC(C)(C)C)CC1. The molecule has 1 aliphatic heterocycles. The van der Waals surface area contributed by atoms with E-state index in [-0.39, 0.29) is 17.8 Å². The molecular formula is C31H37F2N7O4S. The summed E-state index contributed by atoms with van der Waals surface area (Å²) in [6.07, 6.45) is 8.60. The normalized spacial score (nSPS) is 21.3. The minimum atomic E-state index is -3.75. The third-order valence-corrected chi connectivity index (χ3v) is 10.2. The zero-order valence-corrected chi connectivity index (χ0v) is 26.5. The molecule has 0 aromatic carbocycles. The first-order valence-corrected chi connectivity index (χ1v) is 16.6. The predicted octanol–water partition coefficient (Wildman–Crippen LogP) is 5.04. The average molecular weight is 642 g/mol. The number of amides is 1. The summed E-state index contributed by atoms with van der Waals surface area (Å²) in [5.41, 5.74) is 1.38. The highest BCUT2D eigenvalue weighted by atomic mass is 32.2. The van der Waals surface area contributed by atoms with Crippen LogP contribution in [-0.2, 0) is 14.8 Å². The molecule has 240 valence electrons. The number of piperidine rings is 1. The number of anilines is 1. The van der Waals surface area contributed by atoms with Crippen molar-refractivity contribution in [2.45, 2.75) is 75.6 Å². The number of nitrogens with zero attached hydrogens (tertiary/aromatic N) is 6. The molecule has 1 saturated heterocycles. The van der Waals surface area contributed by atoms with Crippen molar-refractivity contribution in [3.63, 3.8) is 0 Å². The summed E-state index contributed by atoms with van der Waals surface area (Å²) < 4.78 is 66.0. The van der Waals surface area contributed by atoms with Crippen molar-refractivity contribution in [2.75, 3.05) is 25.0 Å². The van der Waals surface area contributed by atoms with Gasteiger partial charge in [0.05, 0.1) is 22.0 Å². The van der Waals surface area contributed by atoms with Gasteiger partial charge in [-0.2, -0.15) is 0 Å². The van der Waals surface area contributed by atoms with Gasteiger partial charge < -0.3 is 19.1 Å². The number of rotatable bonds is 7. The Balaban J connectivity index is 1.30. The summed E-state index contributed by atoms with van der Waals surface area (Å²) in [4.78, 5) is 29.5. The van der Waals surface area contributed by atoms with Crippen LogP contribution in [0.2, 0.25) is 0 Å². The number of sulfonamides is 1. The molecule has 1 N–H and O–H groups in total. The highest BCUT2D eigenvalue weighted by Gasteiger charge is 2.40. The Hall–Kier alpha value is -4.07. The lowest BCUT2D eigenvalue weighted by Crippen LogP contribution is -2.47. The minimum Gasteiger partial charge on any atom is -0.444 e. The molecule has 2 fully saturated rings. The molecule has 1 saturated carbocycles. The molecule has 0 bridgehead atoms. The lowest BCUT2D eigenvalue weighted by molar-refractivity contribution is 0.0205. The van der Waals surface area contributed by atoms with Crippen molar-refractivity contribution in [1.82, 2.24) is 29.1 Å².